The van der Waals surface area contributed by atoms with E-state index >= 15 is 0 Å². The van der Waals surface area contributed by atoms with Gasteiger partial charge in [-0.05, 0) is 39.0 Å². The van der Waals surface area contributed by atoms with Crippen molar-refractivity contribution in [2.24, 2.45) is 0 Å². The van der Waals surface area contributed by atoms with Gasteiger partial charge < -0.3 is 9.84 Å². The Balaban J connectivity index is 3.01. The van der Waals surface area contributed by atoms with E-state index in [2.05, 4.69) is 62.3 Å². The van der Waals surface area contributed by atoms with Crippen molar-refractivity contribution in [1.29, 1.82) is 0 Å². The first kappa shape index (κ1) is 18.0. The molecule has 1 heterocycles. The highest BCUT2D eigenvalue weighted by molar-refractivity contribution is 5.86. The molecule has 23 heavy (non-hydrogen) atoms. The minimum absolute atomic E-state index is 0.0857. The summed E-state index contributed by atoms with van der Waals surface area (Å²) < 4.78 is 5.37. The number of ether oxygens (including phenoxy) is 1. The van der Waals surface area contributed by atoms with Crippen LogP contribution in [0.1, 0.15) is 90.7 Å². The predicted octanol–water partition coefficient (Wildman–Crippen LogP) is 4.53. The average molecular weight is 318 g/mol. The van der Waals surface area contributed by atoms with Crippen LogP contribution in [-0.4, -0.2) is 11.1 Å². The maximum absolute atomic E-state index is 12.0. The zero-order valence-corrected chi connectivity index (χ0v) is 15.9. The zero-order chi connectivity index (χ0) is 18.0. The summed E-state index contributed by atoms with van der Waals surface area (Å²) in [6, 6.07) is 1.96. The van der Waals surface area contributed by atoms with Gasteiger partial charge in [-0.2, -0.15) is 0 Å². The molecule has 1 N–H and O–H groups in total. The number of hydrogen-bond donors (Lipinski definition) is 1. The van der Waals surface area contributed by atoms with Crippen LogP contribution in [0.3, 0.4) is 0 Å². The van der Waals surface area contributed by atoms with Crippen LogP contribution in [0.25, 0.3) is 0 Å². The minimum atomic E-state index is -1.19. The maximum atomic E-state index is 12.0. The smallest absolute Gasteiger partial charge is 0.345 e. The fourth-order valence-electron chi connectivity index (χ4n) is 3.46. The summed E-state index contributed by atoms with van der Waals surface area (Å²) in [5.74, 6) is -0.0539. The van der Waals surface area contributed by atoms with E-state index in [1.807, 2.05) is 6.07 Å². The molecule has 0 fully saturated rings. The summed E-state index contributed by atoms with van der Waals surface area (Å²) in [6.45, 7) is 19.4. The second kappa shape index (κ2) is 5.07. The van der Waals surface area contributed by atoms with Crippen molar-refractivity contribution in [3.63, 3.8) is 0 Å². The number of aliphatic hydroxyl groups is 1. The highest BCUT2D eigenvalue weighted by Crippen LogP contribution is 2.49. The van der Waals surface area contributed by atoms with Crippen molar-refractivity contribution in [3.05, 3.63) is 28.3 Å². The molecule has 0 radical (unpaired) electrons. The van der Waals surface area contributed by atoms with Gasteiger partial charge >= 0.3 is 5.97 Å². The van der Waals surface area contributed by atoms with E-state index in [1.54, 1.807) is 0 Å². The van der Waals surface area contributed by atoms with Crippen LogP contribution in [0, 0.1) is 0 Å². The van der Waals surface area contributed by atoms with Crippen LogP contribution >= 0.6 is 0 Å². The standard InChI is InChI=1S/C20H30O3/c1-18(2,3)11-10-12-13(16(21)17(22)23-12)15(20(7,8)9)14(11)19(4,5)6/h10,16,21H,1-9H3. The number of benzene rings is 1. The number of esters is 1. The highest BCUT2D eigenvalue weighted by atomic mass is 16.6. The van der Waals surface area contributed by atoms with Gasteiger partial charge in [0.15, 0.2) is 6.10 Å². The average Bonchev–Trinajstić information content (AvgIpc) is 2.59. The van der Waals surface area contributed by atoms with Gasteiger partial charge in [0.1, 0.15) is 5.75 Å². The van der Waals surface area contributed by atoms with E-state index in [4.69, 9.17) is 4.74 Å². The molecule has 1 aromatic carbocycles. The molecule has 1 aliphatic heterocycles. The van der Waals surface area contributed by atoms with Gasteiger partial charge in [0.2, 0.25) is 0 Å². The molecule has 3 heteroatoms. The van der Waals surface area contributed by atoms with Crippen LogP contribution in [0.5, 0.6) is 5.75 Å². The Hall–Kier alpha value is -1.35. The molecule has 3 nitrogen and oxygen atoms in total. The fraction of sp³-hybridized carbons (Fsp3) is 0.650. The Morgan fingerprint density at radius 1 is 0.870 bits per heavy atom. The Bertz CT molecular complexity index is 649. The molecule has 1 atom stereocenters. The van der Waals surface area contributed by atoms with Crippen molar-refractivity contribution in [2.75, 3.05) is 0 Å². The fourth-order valence-corrected chi connectivity index (χ4v) is 3.46. The molecule has 0 aliphatic carbocycles. The number of carbonyl (C=O) groups excluding carboxylic acids is 1. The molecule has 128 valence electrons. The first-order valence-electron chi connectivity index (χ1n) is 8.28. The summed E-state index contributed by atoms with van der Waals surface area (Å²) in [5, 5.41) is 10.4. The number of hydrogen-bond acceptors (Lipinski definition) is 3. The summed E-state index contributed by atoms with van der Waals surface area (Å²) in [4.78, 5) is 12.0. The molecular weight excluding hydrogens is 288 g/mol. The lowest BCUT2D eigenvalue weighted by molar-refractivity contribution is -0.140. The number of aliphatic hydroxyl groups excluding tert-OH is 1. The summed E-state index contributed by atoms with van der Waals surface area (Å²) in [5.41, 5.74) is 3.70. The van der Waals surface area contributed by atoms with Crippen molar-refractivity contribution < 1.29 is 14.6 Å². The van der Waals surface area contributed by atoms with E-state index in [0.29, 0.717) is 11.3 Å². The van der Waals surface area contributed by atoms with Gasteiger partial charge in [0, 0.05) is 5.56 Å². The summed E-state index contributed by atoms with van der Waals surface area (Å²) in [6.07, 6.45) is -1.19. The third-order valence-corrected chi connectivity index (χ3v) is 4.34. The highest BCUT2D eigenvalue weighted by Gasteiger charge is 2.42. The minimum Gasteiger partial charge on any atom is -0.424 e. The SMILES string of the molecule is CC(C)(C)c1cc2c(c(C(C)(C)C)c1C(C)(C)C)C(O)C(=O)O2. The topological polar surface area (TPSA) is 46.5 Å². The Kier molecular flexibility index (Phi) is 3.97. The molecule has 0 amide bonds. The monoisotopic (exact) mass is 318 g/mol. The summed E-state index contributed by atoms with van der Waals surface area (Å²) >= 11 is 0. The van der Waals surface area contributed by atoms with E-state index in [1.165, 1.54) is 11.1 Å². The van der Waals surface area contributed by atoms with Crippen LogP contribution in [0.4, 0.5) is 0 Å². The molecule has 0 saturated carbocycles. The Labute approximate surface area is 140 Å². The lowest BCUT2D eigenvalue weighted by Gasteiger charge is -2.37. The Morgan fingerprint density at radius 2 is 1.35 bits per heavy atom. The van der Waals surface area contributed by atoms with Crippen LogP contribution < -0.4 is 4.74 Å². The molecule has 0 bridgehead atoms. The first-order chi connectivity index (χ1) is 10.2. The number of fused-ring (bicyclic) bond motifs is 1. The largest absolute Gasteiger partial charge is 0.424 e. The first-order valence-corrected chi connectivity index (χ1v) is 8.28. The molecule has 0 saturated heterocycles. The van der Waals surface area contributed by atoms with E-state index in [-0.39, 0.29) is 16.2 Å². The van der Waals surface area contributed by atoms with E-state index < -0.39 is 12.1 Å². The van der Waals surface area contributed by atoms with Gasteiger partial charge in [0.05, 0.1) is 0 Å². The number of rotatable bonds is 0. The second-order valence-corrected chi connectivity index (χ2v) is 9.66. The van der Waals surface area contributed by atoms with Gasteiger partial charge in [-0.1, -0.05) is 62.3 Å². The lowest BCUT2D eigenvalue weighted by Crippen LogP contribution is -2.29. The molecule has 2 rings (SSSR count). The normalized spacial score (nSPS) is 18.9. The Morgan fingerprint density at radius 3 is 1.74 bits per heavy atom. The number of carbonyl (C=O) groups is 1. The van der Waals surface area contributed by atoms with Gasteiger partial charge in [-0.15, -0.1) is 0 Å². The van der Waals surface area contributed by atoms with Gasteiger partial charge in [-0.25, -0.2) is 4.79 Å². The molecule has 0 spiro atoms. The second-order valence-electron chi connectivity index (χ2n) is 9.66. The predicted molar refractivity (Wildman–Crippen MR) is 93.1 cm³/mol. The van der Waals surface area contributed by atoms with Crippen molar-refractivity contribution >= 4 is 5.97 Å². The third-order valence-electron chi connectivity index (χ3n) is 4.34. The molecule has 1 aliphatic rings. The molecule has 0 aromatic heterocycles. The summed E-state index contributed by atoms with van der Waals surface area (Å²) in [7, 11) is 0. The third kappa shape index (κ3) is 3.03. The van der Waals surface area contributed by atoms with Crippen LogP contribution in [0.2, 0.25) is 0 Å². The lowest BCUT2D eigenvalue weighted by atomic mass is 9.67. The molecule has 1 unspecified atom stereocenters. The van der Waals surface area contributed by atoms with Crippen molar-refractivity contribution in [2.45, 2.75) is 84.7 Å². The van der Waals surface area contributed by atoms with Gasteiger partial charge in [0.25, 0.3) is 0 Å². The maximum Gasteiger partial charge on any atom is 0.345 e. The van der Waals surface area contributed by atoms with Gasteiger partial charge in [-0.3, -0.25) is 0 Å². The molecule has 1 aromatic rings. The quantitative estimate of drug-likeness (QED) is 0.564. The van der Waals surface area contributed by atoms with E-state index in [9.17, 15) is 9.90 Å². The van der Waals surface area contributed by atoms with Crippen LogP contribution in [-0.2, 0) is 21.0 Å². The van der Waals surface area contributed by atoms with Crippen molar-refractivity contribution in [1.82, 2.24) is 0 Å². The zero-order valence-electron chi connectivity index (χ0n) is 15.9. The van der Waals surface area contributed by atoms with E-state index in [0.717, 1.165) is 5.56 Å². The van der Waals surface area contributed by atoms with Crippen molar-refractivity contribution in [3.8, 4) is 5.75 Å². The van der Waals surface area contributed by atoms with Crippen LogP contribution in [0.15, 0.2) is 6.07 Å². The molecular formula is C20H30O3.